The van der Waals surface area contributed by atoms with E-state index in [9.17, 15) is 8.42 Å². The summed E-state index contributed by atoms with van der Waals surface area (Å²) in [5.74, 6) is 0.663. The molecular formula is C11H17NO5S. The van der Waals surface area contributed by atoms with Crippen molar-refractivity contribution >= 4 is 9.84 Å². The molecule has 1 unspecified atom stereocenters. The van der Waals surface area contributed by atoms with Crippen LogP contribution in [-0.2, 0) is 9.84 Å². The second-order valence-corrected chi connectivity index (χ2v) is 5.79. The molecule has 7 heteroatoms. The molecule has 0 heterocycles. The molecule has 0 saturated carbocycles. The van der Waals surface area contributed by atoms with Crippen molar-refractivity contribution in [2.45, 2.75) is 10.9 Å². The molecular weight excluding hydrogens is 258 g/mol. The quantitative estimate of drug-likeness (QED) is 0.790. The van der Waals surface area contributed by atoms with E-state index in [1.807, 2.05) is 0 Å². The molecule has 0 fully saturated rings. The lowest BCUT2D eigenvalue weighted by Crippen LogP contribution is -2.18. The van der Waals surface area contributed by atoms with Crippen LogP contribution < -0.4 is 15.2 Å². The maximum Gasteiger partial charge on any atom is 0.175 e. The summed E-state index contributed by atoms with van der Waals surface area (Å²) >= 11 is 0. The van der Waals surface area contributed by atoms with Gasteiger partial charge in [-0.1, -0.05) is 0 Å². The van der Waals surface area contributed by atoms with Crippen LogP contribution in [0.1, 0.15) is 11.6 Å². The molecule has 0 bridgehead atoms. The Morgan fingerprint density at radius 3 is 2.17 bits per heavy atom. The summed E-state index contributed by atoms with van der Waals surface area (Å²) < 4.78 is 33.5. The van der Waals surface area contributed by atoms with Gasteiger partial charge in [0.25, 0.3) is 0 Å². The molecule has 1 atom stereocenters. The van der Waals surface area contributed by atoms with Gasteiger partial charge < -0.3 is 20.3 Å². The van der Waals surface area contributed by atoms with Crippen LogP contribution in [0.25, 0.3) is 0 Å². The predicted molar refractivity (Wildman–Crippen MR) is 66.7 cm³/mol. The lowest BCUT2D eigenvalue weighted by molar-refractivity contribution is 0.266. The molecule has 1 rings (SSSR count). The van der Waals surface area contributed by atoms with Gasteiger partial charge in [0.15, 0.2) is 21.3 Å². The number of hydrogen-bond donors (Lipinski definition) is 2. The lowest BCUT2D eigenvalue weighted by atomic mass is 10.1. The number of ether oxygens (including phenoxy) is 2. The first-order valence-electron chi connectivity index (χ1n) is 5.17. The van der Waals surface area contributed by atoms with E-state index < -0.39 is 15.9 Å². The second-order valence-electron chi connectivity index (χ2n) is 3.81. The Labute approximate surface area is 106 Å². The molecule has 0 saturated heterocycles. The van der Waals surface area contributed by atoms with Crippen molar-refractivity contribution in [3.8, 4) is 11.5 Å². The van der Waals surface area contributed by atoms with Crippen molar-refractivity contribution in [3.63, 3.8) is 0 Å². The molecule has 18 heavy (non-hydrogen) atoms. The Hall–Kier alpha value is -1.31. The zero-order valence-corrected chi connectivity index (χ0v) is 11.3. The van der Waals surface area contributed by atoms with Gasteiger partial charge in [-0.05, 0) is 11.6 Å². The highest BCUT2D eigenvalue weighted by Gasteiger charge is 2.21. The molecule has 0 radical (unpaired) electrons. The number of rotatable bonds is 5. The number of nitrogens with two attached hydrogens (primary N) is 1. The smallest absolute Gasteiger partial charge is 0.175 e. The molecule has 0 aliphatic carbocycles. The van der Waals surface area contributed by atoms with Crippen LogP contribution in [0.4, 0.5) is 0 Å². The van der Waals surface area contributed by atoms with Crippen LogP contribution in [0.5, 0.6) is 11.5 Å². The van der Waals surface area contributed by atoms with Gasteiger partial charge in [0, 0.05) is 12.3 Å². The van der Waals surface area contributed by atoms with Gasteiger partial charge in [-0.25, -0.2) is 8.42 Å². The van der Waals surface area contributed by atoms with Crippen molar-refractivity contribution in [1.29, 1.82) is 0 Å². The lowest BCUT2D eigenvalue weighted by Gasteiger charge is -2.17. The molecule has 0 aromatic heterocycles. The number of benzene rings is 1. The average molecular weight is 275 g/mol. The van der Waals surface area contributed by atoms with Crippen LogP contribution in [0.15, 0.2) is 17.0 Å². The summed E-state index contributed by atoms with van der Waals surface area (Å²) in [4.78, 5) is 0.0294. The third-order valence-electron chi connectivity index (χ3n) is 2.51. The first-order valence-corrected chi connectivity index (χ1v) is 7.06. The standard InChI is InChI=1S/C11H17NO5S/c1-16-9-4-7(8(12)6-13)11(18(3,14)15)5-10(9)17-2/h4-5,8,13H,6,12H2,1-3H3. The summed E-state index contributed by atoms with van der Waals surface area (Å²) in [5.41, 5.74) is 6.00. The van der Waals surface area contributed by atoms with Crippen LogP contribution in [-0.4, -0.2) is 40.6 Å². The van der Waals surface area contributed by atoms with Gasteiger partial charge in [0.1, 0.15) is 0 Å². The molecule has 3 N–H and O–H groups in total. The van der Waals surface area contributed by atoms with Crippen molar-refractivity contribution < 1.29 is 23.0 Å². The van der Waals surface area contributed by atoms with Crippen LogP contribution in [0, 0.1) is 0 Å². The van der Waals surface area contributed by atoms with Gasteiger partial charge in [0.05, 0.1) is 31.8 Å². The van der Waals surface area contributed by atoms with Crippen LogP contribution in [0.2, 0.25) is 0 Å². The largest absolute Gasteiger partial charge is 0.493 e. The Morgan fingerprint density at radius 2 is 1.78 bits per heavy atom. The normalized spacial score (nSPS) is 13.2. The van der Waals surface area contributed by atoms with Gasteiger partial charge in [-0.2, -0.15) is 0 Å². The minimum absolute atomic E-state index is 0.0294. The summed E-state index contributed by atoms with van der Waals surface area (Å²) in [6.07, 6.45) is 1.07. The number of methoxy groups -OCH3 is 2. The third-order valence-corrected chi connectivity index (χ3v) is 3.66. The fourth-order valence-corrected chi connectivity index (χ4v) is 2.54. The summed E-state index contributed by atoms with van der Waals surface area (Å²) in [6.45, 7) is -0.363. The van der Waals surface area contributed by atoms with Crippen molar-refractivity contribution in [2.24, 2.45) is 5.73 Å². The van der Waals surface area contributed by atoms with Crippen molar-refractivity contribution in [3.05, 3.63) is 17.7 Å². The number of sulfone groups is 1. The van der Waals surface area contributed by atoms with Gasteiger partial charge in [0.2, 0.25) is 0 Å². The molecule has 0 spiro atoms. The summed E-state index contributed by atoms with van der Waals surface area (Å²) in [5, 5.41) is 9.08. The number of hydrogen-bond acceptors (Lipinski definition) is 6. The molecule has 0 amide bonds. The minimum atomic E-state index is -3.47. The van der Waals surface area contributed by atoms with E-state index in [4.69, 9.17) is 20.3 Å². The fourth-order valence-electron chi connectivity index (χ4n) is 1.59. The highest BCUT2D eigenvalue weighted by atomic mass is 32.2. The van der Waals surface area contributed by atoms with E-state index in [-0.39, 0.29) is 11.5 Å². The first-order chi connectivity index (χ1) is 8.35. The summed E-state index contributed by atoms with van der Waals surface area (Å²) in [6, 6.07) is 2.02. The zero-order valence-electron chi connectivity index (χ0n) is 10.5. The first kappa shape index (κ1) is 14.7. The molecule has 1 aromatic rings. The van der Waals surface area contributed by atoms with E-state index in [2.05, 4.69) is 0 Å². The van der Waals surface area contributed by atoms with Crippen LogP contribution in [0.3, 0.4) is 0 Å². The molecule has 0 aliphatic rings. The van der Waals surface area contributed by atoms with E-state index in [0.717, 1.165) is 6.26 Å². The number of aliphatic hydroxyl groups excluding tert-OH is 1. The average Bonchev–Trinajstić information content (AvgIpc) is 2.34. The summed E-state index contributed by atoms with van der Waals surface area (Å²) in [7, 11) is -0.624. The third kappa shape index (κ3) is 2.92. The Balaban J connectivity index is 3.56. The molecule has 0 aliphatic heterocycles. The van der Waals surface area contributed by atoms with Gasteiger partial charge in [-0.15, -0.1) is 0 Å². The molecule has 102 valence electrons. The molecule has 1 aromatic carbocycles. The van der Waals surface area contributed by atoms with Gasteiger partial charge in [-0.3, -0.25) is 0 Å². The van der Waals surface area contributed by atoms with E-state index in [1.54, 1.807) is 0 Å². The maximum atomic E-state index is 11.7. The van der Waals surface area contributed by atoms with E-state index >= 15 is 0 Å². The Kier molecular flexibility index (Phi) is 4.55. The topological polar surface area (TPSA) is 98.9 Å². The monoisotopic (exact) mass is 275 g/mol. The van der Waals surface area contributed by atoms with Crippen molar-refractivity contribution in [2.75, 3.05) is 27.1 Å². The predicted octanol–water partition coefficient (Wildman–Crippen LogP) is 0.0994. The SMILES string of the molecule is COc1cc(C(N)CO)c(S(C)(=O)=O)cc1OC. The highest BCUT2D eigenvalue weighted by molar-refractivity contribution is 7.90. The fraction of sp³-hybridized carbons (Fsp3) is 0.455. The molecule has 6 nitrogen and oxygen atoms in total. The highest BCUT2D eigenvalue weighted by Crippen LogP contribution is 2.34. The van der Waals surface area contributed by atoms with Crippen LogP contribution >= 0.6 is 0 Å². The number of aliphatic hydroxyl groups is 1. The Morgan fingerprint density at radius 1 is 1.28 bits per heavy atom. The zero-order chi connectivity index (χ0) is 13.9. The van der Waals surface area contributed by atoms with E-state index in [0.29, 0.717) is 17.1 Å². The van der Waals surface area contributed by atoms with Gasteiger partial charge >= 0.3 is 0 Å². The Bertz CT molecular complexity index is 526. The van der Waals surface area contributed by atoms with E-state index in [1.165, 1.54) is 26.4 Å². The minimum Gasteiger partial charge on any atom is -0.493 e. The maximum absolute atomic E-state index is 11.7. The van der Waals surface area contributed by atoms with Crippen molar-refractivity contribution in [1.82, 2.24) is 0 Å². The second kappa shape index (κ2) is 5.55.